The van der Waals surface area contributed by atoms with Gasteiger partial charge in [0, 0.05) is 11.5 Å². The molecule has 0 radical (unpaired) electrons. The molecule has 2 rings (SSSR count). The topological polar surface area (TPSA) is 76.9 Å². The molecule has 0 spiro atoms. The first-order chi connectivity index (χ1) is 6.72. The van der Waals surface area contributed by atoms with Gasteiger partial charge in [-0.2, -0.15) is 5.26 Å². The number of rotatable bonds is 0. The zero-order valence-corrected chi connectivity index (χ0v) is 7.11. The van der Waals surface area contributed by atoms with Gasteiger partial charge in [0.05, 0.1) is 11.1 Å². The number of nitriles is 1. The molecule has 1 aromatic heterocycles. The number of aromatic nitrogens is 1. The fourth-order valence-corrected chi connectivity index (χ4v) is 1.33. The summed E-state index contributed by atoms with van der Waals surface area (Å²) in [5.74, 6) is 0.0512. The van der Waals surface area contributed by atoms with Gasteiger partial charge in [-0.25, -0.2) is 0 Å². The molecule has 0 saturated carbocycles. The van der Waals surface area contributed by atoms with Gasteiger partial charge in [0.1, 0.15) is 11.8 Å². The Morgan fingerprint density at radius 3 is 2.79 bits per heavy atom. The summed E-state index contributed by atoms with van der Waals surface area (Å²) in [5, 5.41) is 18.7. The normalized spacial score (nSPS) is 9.93. The molecule has 0 atom stereocenters. The largest absolute Gasteiger partial charge is 0.507 e. The number of benzene rings is 1. The van der Waals surface area contributed by atoms with Crippen LogP contribution in [0, 0.1) is 11.3 Å². The van der Waals surface area contributed by atoms with Crippen LogP contribution in [0.4, 0.5) is 0 Å². The number of nitrogens with zero attached hydrogens (tertiary/aromatic N) is 1. The summed E-state index contributed by atoms with van der Waals surface area (Å²) in [6, 6.07) is 7.64. The molecule has 0 amide bonds. The van der Waals surface area contributed by atoms with E-state index in [1.165, 1.54) is 24.3 Å². The molecular formula is C10H6N2O2. The molecule has 2 aromatic rings. The van der Waals surface area contributed by atoms with Crippen LogP contribution in [0.15, 0.2) is 29.1 Å². The molecule has 0 saturated heterocycles. The van der Waals surface area contributed by atoms with Crippen molar-refractivity contribution in [3.05, 3.63) is 40.2 Å². The van der Waals surface area contributed by atoms with Crippen LogP contribution in [0.25, 0.3) is 10.9 Å². The van der Waals surface area contributed by atoms with Gasteiger partial charge >= 0.3 is 0 Å². The Hall–Kier alpha value is -2.28. The second-order valence-electron chi connectivity index (χ2n) is 2.86. The molecule has 0 unspecified atom stereocenters. The summed E-state index contributed by atoms with van der Waals surface area (Å²) in [7, 11) is 0. The zero-order chi connectivity index (χ0) is 10.1. The summed E-state index contributed by atoms with van der Waals surface area (Å²) in [6.07, 6.45) is 0. The number of hydrogen-bond acceptors (Lipinski definition) is 3. The maximum Gasteiger partial charge on any atom is 0.248 e. The lowest BCUT2D eigenvalue weighted by atomic mass is 10.1. The summed E-state index contributed by atoms with van der Waals surface area (Å²) in [4.78, 5) is 13.5. The molecule has 1 aromatic carbocycles. The van der Waals surface area contributed by atoms with Crippen LogP contribution in [0.2, 0.25) is 0 Å². The first-order valence-corrected chi connectivity index (χ1v) is 3.97. The maximum atomic E-state index is 11.0. The van der Waals surface area contributed by atoms with Gasteiger partial charge in [-0.15, -0.1) is 0 Å². The van der Waals surface area contributed by atoms with Crippen LogP contribution in [0.1, 0.15) is 5.56 Å². The Morgan fingerprint density at radius 2 is 2.07 bits per heavy atom. The van der Waals surface area contributed by atoms with Crippen molar-refractivity contribution >= 4 is 10.9 Å². The summed E-state index contributed by atoms with van der Waals surface area (Å²) in [6.45, 7) is 0. The Kier molecular flexibility index (Phi) is 1.72. The lowest BCUT2D eigenvalue weighted by Crippen LogP contribution is -2.03. The first-order valence-electron chi connectivity index (χ1n) is 3.97. The Labute approximate surface area is 79.0 Å². The van der Waals surface area contributed by atoms with E-state index in [4.69, 9.17) is 5.26 Å². The summed E-state index contributed by atoms with van der Waals surface area (Å²) >= 11 is 0. The van der Waals surface area contributed by atoms with Crippen molar-refractivity contribution in [1.29, 1.82) is 5.26 Å². The second-order valence-corrected chi connectivity index (χ2v) is 2.86. The minimum Gasteiger partial charge on any atom is -0.507 e. The number of H-pyrrole nitrogens is 1. The highest BCUT2D eigenvalue weighted by atomic mass is 16.3. The van der Waals surface area contributed by atoms with E-state index in [0.29, 0.717) is 16.5 Å². The SMILES string of the molecule is N#Cc1ccc(O)c2ccc(=O)[nH]c12. The number of phenols is 1. The zero-order valence-electron chi connectivity index (χ0n) is 7.11. The molecule has 2 N–H and O–H groups in total. The number of hydrogen-bond donors (Lipinski definition) is 2. The number of aromatic amines is 1. The molecule has 14 heavy (non-hydrogen) atoms. The van der Waals surface area contributed by atoms with Crippen molar-refractivity contribution in [2.24, 2.45) is 0 Å². The molecule has 1 heterocycles. The van der Waals surface area contributed by atoms with E-state index in [1.807, 2.05) is 6.07 Å². The Morgan fingerprint density at radius 1 is 1.29 bits per heavy atom. The average Bonchev–Trinajstić information content (AvgIpc) is 2.18. The molecule has 0 aliphatic carbocycles. The van der Waals surface area contributed by atoms with Gasteiger partial charge in [0.2, 0.25) is 5.56 Å². The highest BCUT2D eigenvalue weighted by Crippen LogP contribution is 2.24. The van der Waals surface area contributed by atoms with E-state index >= 15 is 0 Å². The Bertz CT molecular complexity index is 593. The van der Waals surface area contributed by atoms with Crippen molar-refractivity contribution in [2.45, 2.75) is 0 Å². The van der Waals surface area contributed by atoms with E-state index in [0.717, 1.165) is 0 Å². The standard InChI is InChI=1S/C10H6N2O2/c11-5-6-1-3-8(13)7-2-4-9(14)12-10(6)7/h1-4,13H,(H,12,14). The molecular weight excluding hydrogens is 180 g/mol. The summed E-state index contributed by atoms with van der Waals surface area (Å²) < 4.78 is 0. The highest BCUT2D eigenvalue weighted by Gasteiger charge is 2.04. The van der Waals surface area contributed by atoms with Crippen molar-refractivity contribution in [1.82, 2.24) is 4.98 Å². The van der Waals surface area contributed by atoms with Gasteiger partial charge in [0.15, 0.2) is 0 Å². The molecule has 0 fully saturated rings. The molecule has 4 nitrogen and oxygen atoms in total. The number of pyridine rings is 1. The predicted molar refractivity (Wildman–Crippen MR) is 50.9 cm³/mol. The number of fused-ring (bicyclic) bond motifs is 1. The minimum absolute atomic E-state index is 0.0512. The third-order valence-electron chi connectivity index (χ3n) is 1.99. The molecule has 68 valence electrons. The fourth-order valence-electron chi connectivity index (χ4n) is 1.33. The van der Waals surface area contributed by atoms with Gasteiger partial charge < -0.3 is 10.1 Å². The number of phenolic OH excluding ortho intramolecular Hbond substituents is 1. The number of aromatic hydroxyl groups is 1. The van der Waals surface area contributed by atoms with Crippen LogP contribution in [0.5, 0.6) is 5.75 Å². The molecule has 0 aliphatic heterocycles. The highest BCUT2D eigenvalue weighted by molar-refractivity contribution is 5.89. The monoisotopic (exact) mass is 186 g/mol. The quantitative estimate of drug-likeness (QED) is 0.646. The first kappa shape index (κ1) is 8.32. The van der Waals surface area contributed by atoms with Gasteiger partial charge in [-0.1, -0.05) is 0 Å². The van der Waals surface area contributed by atoms with Crippen LogP contribution < -0.4 is 5.56 Å². The third-order valence-corrected chi connectivity index (χ3v) is 1.99. The lowest BCUT2D eigenvalue weighted by Gasteiger charge is -2.01. The predicted octanol–water partition coefficient (Wildman–Crippen LogP) is 1.11. The lowest BCUT2D eigenvalue weighted by molar-refractivity contribution is 0.481. The van der Waals surface area contributed by atoms with Crippen molar-refractivity contribution < 1.29 is 5.11 Å². The summed E-state index contributed by atoms with van der Waals surface area (Å²) in [5.41, 5.74) is 0.426. The molecule has 0 bridgehead atoms. The van der Waals surface area contributed by atoms with Crippen molar-refractivity contribution in [2.75, 3.05) is 0 Å². The van der Waals surface area contributed by atoms with E-state index < -0.39 is 0 Å². The Balaban J connectivity index is 3.01. The van der Waals surface area contributed by atoms with E-state index in [-0.39, 0.29) is 11.3 Å². The van der Waals surface area contributed by atoms with Gasteiger partial charge in [-0.05, 0) is 18.2 Å². The van der Waals surface area contributed by atoms with E-state index in [2.05, 4.69) is 4.98 Å². The fraction of sp³-hybridized carbons (Fsp3) is 0. The van der Waals surface area contributed by atoms with Crippen LogP contribution >= 0.6 is 0 Å². The number of nitrogens with one attached hydrogen (secondary N) is 1. The van der Waals surface area contributed by atoms with E-state index in [9.17, 15) is 9.90 Å². The smallest absolute Gasteiger partial charge is 0.248 e. The van der Waals surface area contributed by atoms with Crippen molar-refractivity contribution in [3.8, 4) is 11.8 Å². The maximum absolute atomic E-state index is 11.0. The second kappa shape index (κ2) is 2.89. The average molecular weight is 186 g/mol. The van der Waals surface area contributed by atoms with Crippen molar-refractivity contribution in [3.63, 3.8) is 0 Å². The van der Waals surface area contributed by atoms with Crippen LogP contribution in [-0.2, 0) is 0 Å². The van der Waals surface area contributed by atoms with Gasteiger partial charge in [-0.3, -0.25) is 4.79 Å². The van der Waals surface area contributed by atoms with Crippen LogP contribution in [-0.4, -0.2) is 10.1 Å². The van der Waals surface area contributed by atoms with Gasteiger partial charge in [0.25, 0.3) is 0 Å². The third kappa shape index (κ3) is 1.12. The van der Waals surface area contributed by atoms with Crippen LogP contribution in [0.3, 0.4) is 0 Å². The molecule has 4 heteroatoms. The van der Waals surface area contributed by atoms with E-state index in [1.54, 1.807) is 0 Å². The molecule has 0 aliphatic rings. The minimum atomic E-state index is -0.292.